The predicted molar refractivity (Wildman–Crippen MR) is 70.0 cm³/mol. The van der Waals surface area contributed by atoms with Gasteiger partial charge in [-0.15, -0.1) is 0 Å². The topological polar surface area (TPSA) is 70.4 Å². The van der Waals surface area contributed by atoms with Gasteiger partial charge in [-0.05, 0) is 25.3 Å². The van der Waals surface area contributed by atoms with E-state index in [0.29, 0.717) is 18.2 Å². The minimum atomic E-state index is -0.891. The summed E-state index contributed by atoms with van der Waals surface area (Å²) in [7, 11) is 1.81. The maximum Gasteiger partial charge on any atom is 0.339 e. The van der Waals surface area contributed by atoms with Crippen LogP contribution in [0.15, 0.2) is 6.20 Å². The van der Waals surface area contributed by atoms with Crippen molar-refractivity contribution in [2.45, 2.75) is 25.4 Å². The van der Waals surface area contributed by atoms with E-state index in [1.165, 1.54) is 19.0 Å². The molecule has 2 N–H and O–H groups in total. The summed E-state index contributed by atoms with van der Waals surface area (Å²) in [5.41, 5.74) is 1.12. The molecule has 0 bridgehead atoms. The molecule has 3 rings (SSSR count). The Morgan fingerprint density at radius 1 is 1.58 bits per heavy atom. The van der Waals surface area contributed by atoms with Crippen molar-refractivity contribution in [3.63, 3.8) is 0 Å². The van der Waals surface area contributed by atoms with Gasteiger partial charge in [0.15, 0.2) is 0 Å². The molecule has 2 fully saturated rings. The fourth-order valence-corrected chi connectivity index (χ4v) is 3.31. The highest BCUT2D eigenvalue weighted by molar-refractivity contribution is 5.88. The summed E-state index contributed by atoms with van der Waals surface area (Å²) < 4.78 is 1.68. The monoisotopic (exact) mass is 264 g/mol. The number of piperidine rings is 1. The first-order chi connectivity index (χ1) is 9.15. The van der Waals surface area contributed by atoms with Gasteiger partial charge in [0.2, 0.25) is 0 Å². The summed E-state index contributed by atoms with van der Waals surface area (Å²) in [6, 6.07) is 0.579. The Kier molecular flexibility index (Phi) is 3.28. The van der Waals surface area contributed by atoms with E-state index in [0.717, 1.165) is 31.2 Å². The number of aromatic nitrogens is 2. The van der Waals surface area contributed by atoms with Crippen molar-refractivity contribution in [2.24, 2.45) is 13.0 Å². The molecule has 0 saturated carbocycles. The van der Waals surface area contributed by atoms with Crippen molar-refractivity contribution in [3.8, 4) is 0 Å². The average molecular weight is 264 g/mol. The Hall–Kier alpha value is -1.40. The Balaban J connectivity index is 1.72. The summed E-state index contributed by atoms with van der Waals surface area (Å²) in [4.78, 5) is 13.5. The van der Waals surface area contributed by atoms with Crippen LogP contribution in [-0.4, -0.2) is 51.4 Å². The van der Waals surface area contributed by atoms with E-state index < -0.39 is 5.97 Å². The summed E-state index contributed by atoms with van der Waals surface area (Å²) in [6.45, 7) is 3.85. The lowest BCUT2D eigenvalue weighted by molar-refractivity contribution is 0.0694. The molecule has 0 spiro atoms. The summed E-state index contributed by atoms with van der Waals surface area (Å²) in [5, 5.41) is 16.8. The third-order valence-electron chi connectivity index (χ3n) is 4.34. The largest absolute Gasteiger partial charge is 0.478 e. The molecule has 2 saturated heterocycles. The predicted octanol–water partition coefficient (Wildman–Crippen LogP) is 0.302. The van der Waals surface area contributed by atoms with Gasteiger partial charge >= 0.3 is 5.97 Å². The van der Waals surface area contributed by atoms with Gasteiger partial charge in [0.1, 0.15) is 5.56 Å². The number of likely N-dealkylation sites (tertiary alicyclic amines) is 1. The zero-order valence-electron chi connectivity index (χ0n) is 11.2. The molecule has 6 heteroatoms. The second kappa shape index (κ2) is 4.94. The molecule has 2 aliphatic rings. The standard InChI is InChI=1S/C13H20N4O2/c1-16-12(10(5-15-16)13(18)19)8-17-6-9-3-2-4-14-11(9)7-17/h5,9,11,14H,2-4,6-8H2,1H3,(H,18,19)/t9-,11+/m0/s1. The number of hydrogen-bond donors (Lipinski definition) is 2. The van der Waals surface area contributed by atoms with Crippen LogP contribution in [0.25, 0.3) is 0 Å². The molecule has 0 unspecified atom stereocenters. The van der Waals surface area contributed by atoms with Crippen LogP contribution in [0.5, 0.6) is 0 Å². The third-order valence-corrected chi connectivity index (χ3v) is 4.34. The van der Waals surface area contributed by atoms with Crippen molar-refractivity contribution in [1.82, 2.24) is 20.0 Å². The van der Waals surface area contributed by atoms with Crippen molar-refractivity contribution in [2.75, 3.05) is 19.6 Å². The molecule has 0 radical (unpaired) electrons. The van der Waals surface area contributed by atoms with Gasteiger partial charge in [-0.3, -0.25) is 9.58 Å². The Morgan fingerprint density at radius 3 is 3.16 bits per heavy atom. The number of nitrogens with one attached hydrogen (secondary N) is 1. The van der Waals surface area contributed by atoms with Gasteiger partial charge in [-0.1, -0.05) is 0 Å². The maximum absolute atomic E-state index is 11.2. The van der Waals surface area contributed by atoms with E-state index in [4.69, 9.17) is 0 Å². The third kappa shape index (κ3) is 2.37. The number of aryl methyl sites for hydroxylation is 1. The minimum Gasteiger partial charge on any atom is -0.478 e. The number of aromatic carboxylic acids is 1. The molecule has 0 aliphatic carbocycles. The molecule has 104 valence electrons. The second-order valence-corrected chi connectivity index (χ2v) is 5.59. The molecular formula is C13H20N4O2. The fraction of sp³-hybridized carbons (Fsp3) is 0.692. The molecule has 3 heterocycles. The lowest BCUT2D eigenvalue weighted by Crippen LogP contribution is -2.40. The van der Waals surface area contributed by atoms with Gasteiger partial charge in [-0.25, -0.2) is 4.79 Å². The van der Waals surface area contributed by atoms with Crippen molar-refractivity contribution >= 4 is 5.97 Å². The Morgan fingerprint density at radius 2 is 2.42 bits per heavy atom. The lowest BCUT2D eigenvalue weighted by atomic mass is 9.94. The van der Waals surface area contributed by atoms with Crippen LogP contribution in [0.1, 0.15) is 28.9 Å². The number of rotatable bonds is 3. The highest BCUT2D eigenvalue weighted by Gasteiger charge is 2.34. The molecule has 19 heavy (non-hydrogen) atoms. The van der Waals surface area contributed by atoms with E-state index in [-0.39, 0.29) is 0 Å². The quantitative estimate of drug-likeness (QED) is 0.822. The zero-order chi connectivity index (χ0) is 13.4. The first kappa shape index (κ1) is 12.6. The van der Waals surface area contributed by atoms with Crippen LogP contribution in [0.3, 0.4) is 0 Å². The SMILES string of the molecule is Cn1ncc(C(=O)O)c1CN1C[C@@H]2CCCN[C@@H]2C1. The smallest absolute Gasteiger partial charge is 0.339 e. The van der Waals surface area contributed by atoms with Crippen LogP contribution in [0.2, 0.25) is 0 Å². The van der Waals surface area contributed by atoms with Crippen LogP contribution in [-0.2, 0) is 13.6 Å². The van der Waals surface area contributed by atoms with Crippen molar-refractivity contribution in [1.29, 1.82) is 0 Å². The molecule has 2 aliphatic heterocycles. The first-order valence-corrected chi connectivity index (χ1v) is 6.85. The Labute approximate surface area is 112 Å². The highest BCUT2D eigenvalue weighted by Crippen LogP contribution is 2.26. The summed E-state index contributed by atoms with van der Waals surface area (Å²) in [6.07, 6.45) is 3.98. The van der Waals surface area contributed by atoms with Crippen LogP contribution in [0, 0.1) is 5.92 Å². The molecule has 6 nitrogen and oxygen atoms in total. The highest BCUT2D eigenvalue weighted by atomic mass is 16.4. The number of hydrogen-bond acceptors (Lipinski definition) is 4. The summed E-state index contributed by atoms with van der Waals surface area (Å²) >= 11 is 0. The number of fused-ring (bicyclic) bond motifs is 1. The molecule has 1 aromatic heterocycles. The molecule has 1 aromatic rings. The Bertz CT molecular complexity index is 471. The molecule has 2 atom stereocenters. The normalized spacial score (nSPS) is 27.4. The lowest BCUT2D eigenvalue weighted by Gasteiger charge is -2.24. The van der Waals surface area contributed by atoms with E-state index in [2.05, 4.69) is 15.3 Å². The number of carbonyl (C=O) groups is 1. The van der Waals surface area contributed by atoms with Gasteiger partial charge in [0, 0.05) is 32.7 Å². The maximum atomic E-state index is 11.2. The first-order valence-electron chi connectivity index (χ1n) is 6.85. The zero-order valence-corrected chi connectivity index (χ0v) is 11.2. The van der Waals surface area contributed by atoms with Crippen molar-refractivity contribution < 1.29 is 9.90 Å². The van der Waals surface area contributed by atoms with Crippen LogP contribution < -0.4 is 5.32 Å². The van der Waals surface area contributed by atoms with Crippen LogP contribution in [0.4, 0.5) is 0 Å². The minimum absolute atomic E-state index is 0.324. The van der Waals surface area contributed by atoms with Gasteiger partial charge in [0.25, 0.3) is 0 Å². The molecule has 0 amide bonds. The molecular weight excluding hydrogens is 244 g/mol. The average Bonchev–Trinajstić information content (AvgIpc) is 2.94. The van der Waals surface area contributed by atoms with Gasteiger partial charge in [0.05, 0.1) is 11.9 Å². The summed E-state index contributed by atoms with van der Waals surface area (Å²) in [5.74, 6) is -0.173. The molecule has 0 aromatic carbocycles. The van der Waals surface area contributed by atoms with E-state index in [9.17, 15) is 9.90 Å². The van der Waals surface area contributed by atoms with E-state index in [1.54, 1.807) is 4.68 Å². The van der Waals surface area contributed by atoms with E-state index in [1.807, 2.05) is 7.05 Å². The fourth-order valence-electron chi connectivity index (χ4n) is 3.31. The van der Waals surface area contributed by atoms with Crippen LogP contribution >= 0.6 is 0 Å². The number of carboxylic acid groups (broad SMARTS) is 1. The second-order valence-electron chi connectivity index (χ2n) is 5.59. The number of carboxylic acids is 1. The van der Waals surface area contributed by atoms with E-state index >= 15 is 0 Å². The van der Waals surface area contributed by atoms with Gasteiger partial charge in [-0.2, -0.15) is 5.10 Å². The number of nitrogens with zero attached hydrogens (tertiary/aromatic N) is 3. The van der Waals surface area contributed by atoms with Crippen molar-refractivity contribution in [3.05, 3.63) is 17.5 Å². The van der Waals surface area contributed by atoms with Gasteiger partial charge < -0.3 is 10.4 Å².